The molecule has 3 aromatic heterocycles. The molecule has 0 unspecified atom stereocenters. The maximum atomic E-state index is 14.1. The van der Waals surface area contributed by atoms with Crippen molar-refractivity contribution in [3.63, 3.8) is 0 Å². The number of aromatic nitrogens is 3. The predicted octanol–water partition coefficient (Wildman–Crippen LogP) is 5.49. The van der Waals surface area contributed by atoms with Gasteiger partial charge < -0.3 is 19.9 Å². The van der Waals surface area contributed by atoms with E-state index in [9.17, 15) is 18.0 Å². The van der Waals surface area contributed by atoms with Gasteiger partial charge in [0.2, 0.25) is 12.4 Å². The first kappa shape index (κ1) is 28.4. The summed E-state index contributed by atoms with van der Waals surface area (Å²) in [4.78, 5) is 31.0. The maximum absolute atomic E-state index is 14.1. The molecule has 8 nitrogen and oxygen atoms in total. The van der Waals surface area contributed by atoms with Crippen molar-refractivity contribution < 1.29 is 22.7 Å². The van der Waals surface area contributed by atoms with E-state index in [0.717, 1.165) is 66.0 Å². The Morgan fingerprint density at radius 2 is 2.07 bits per heavy atom. The zero-order valence-corrected chi connectivity index (χ0v) is 24.5. The number of likely N-dealkylation sites (N-methyl/N-ethyl adjacent to an activating group) is 1. The normalized spacial score (nSPS) is 17.7. The lowest BCUT2D eigenvalue weighted by Gasteiger charge is -2.34. The molecule has 1 N–H and O–H groups in total. The van der Waals surface area contributed by atoms with Crippen LogP contribution in [0.3, 0.4) is 0 Å². The Kier molecular flexibility index (Phi) is 7.96. The van der Waals surface area contributed by atoms with Crippen LogP contribution in [0.4, 0.5) is 24.9 Å². The molecule has 218 valence electrons. The van der Waals surface area contributed by atoms with Crippen molar-refractivity contribution in [1.29, 1.82) is 0 Å². The first-order valence-corrected chi connectivity index (χ1v) is 15.4. The lowest BCUT2D eigenvalue weighted by Crippen LogP contribution is -2.49. The van der Waals surface area contributed by atoms with Gasteiger partial charge in [-0.05, 0) is 56.0 Å². The molecule has 5 heterocycles. The number of rotatable bonds is 10. The van der Waals surface area contributed by atoms with Crippen molar-refractivity contribution in [2.24, 2.45) is 0 Å². The summed E-state index contributed by atoms with van der Waals surface area (Å²) in [6.45, 7) is 5.24. The minimum atomic E-state index is -4.61. The summed E-state index contributed by atoms with van der Waals surface area (Å²) in [7, 11) is 2.09. The number of fused-ring (bicyclic) bond motifs is 1. The zero-order valence-electron chi connectivity index (χ0n) is 22.8. The molecule has 0 spiro atoms. The van der Waals surface area contributed by atoms with Crippen LogP contribution in [0, 0.1) is 6.92 Å². The minimum Gasteiger partial charge on any atom is -0.377 e. The van der Waals surface area contributed by atoms with Crippen molar-refractivity contribution in [3.05, 3.63) is 45.6 Å². The van der Waals surface area contributed by atoms with Crippen LogP contribution in [0.5, 0.6) is 0 Å². The Labute approximate surface area is 244 Å². The minimum absolute atomic E-state index is 0.0971. The highest BCUT2D eigenvalue weighted by atomic mass is 32.2. The molecule has 0 aromatic carbocycles. The van der Waals surface area contributed by atoms with E-state index in [1.807, 2.05) is 6.92 Å². The van der Waals surface area contributed by atoms with Gasteiger partial charge in [-0.2, -0.15) is 13.2 Å². The number of nitrogens with zero attached hydrogens (tertiary/aromatic N) is 5. The molecule has 13 heteroatoms. The number of ether oxygens (including phenoxy) is 1. The van der Waals surface area contributed by atoms with E-state index in [0.29, 0.717) is 42.1 Å². The van der Waals surface area contributed by atoms with Gasteiger partial charge in [-0.25, -0.2) is 15.0 Å². The number of carbonyl (C=O) groups excluding carboxylic acids is 1. The second-order valence-corrected chi connectivity index (χ2v) is 13.2. The summed E-state index contributed by atoms with van der Waals surface area (Å²) < 4.78 is 47.4. The summed E-state index contributed by atoms with van der Waals surface area (Å²) in [6.07, 6.45) is 0.0345. The SMILES string of the molecule is Cc1sc(-c2nc(Nc3nc4c(cc3C3CC3)CN(C)CC4)ncc2C(F)(F)F)cc1SCCN(C=O)C1COC1. The van der Waals surface area contributed by atoms with Crippen molar-refractivity contribution in [3.8, 4) is 10.6 Å². The molecule has 3 aromatic rings. The Bertz CT molecular complexity index is 1440. The fourth-order valence-corrected chi connectivity index (χ4v) is 7.32. The maximum Gasteiger partial charge on any atom is 0.420 e. The molecule has 2 fully saturated rings. The van der Waals surface area contributed by atoms with Gasteiger partial charge >= 0.3 is 6.18 Å². The van der Waals surface area contributed by atoms with Gasteiger partial charge in [0.15, 0.2) is 0 Å². The summed E-state index contributed by atoms with van der Waals surface area (Å²) in [5.74, 6) is 1.75. The number of thiophene rings is 1. The van der Waals surface area contributed by atoms with E-state index in [1.165, 1.54) is 28.7 Å². The highest BCUT2D eigenvalue weighted by Crippen LogP contribution is 2.45. The average molecular weight is 605 g/mol. The van der Waals surface area contributed by atoms with Crippen LogP contribution in [0.1, 0.15) is 46.0 Å². The number of nitrogens with one attached hydrogen (secondary N) is 1. The van der Waals surface area contributed by atoms with E-state index in [4.69, 9.17) is 9.72 Å². The molecule has 1 aliphatic carbocycles. The third kappa shape index (κ3) is 6.23. The molecule has 1 saturated heterocycles. The Morgan fingerprint density at radius 1 is 1.27 bits per heavy atom. The molecule has 0 bridgehead atoms. The van der Waals surface area contributed by atoms with Crippen LogP contribution in [-0.2, 0) is 28.7 Å². The molecule has 41 heavy (non-hydrogen) atoms. The van der Waals surface area contributed by atoms with Crippen molar-refractivity contribution in [1.82, 2.24) is 24.8 Å². The summed E-state index contributed by atoms with van der Waals surface area (Å²) in [5.41, 5.74) is 2.27. The fraction of sp³-hybridized carbons (Fsp3) is 0.500. The van der Waals surface area contributed by atoms with Crippen LogP contribution >= 0.6 is 23.1 Å². The summed E-state index contributed by atoms with van der Waals surface area (Å²) in [5, 5.41) is 3.18. The number of hydrogen-bond donors (Lipinski definition) is 1. The van der Waals surface area contributed by atoms with E-state index < -0.39 is 11.7 Å². The van der Waals surface area contributed by atoms with Crippen molar-refractivity contribution in [2.75, 3.05) is 44.4 Å². The summed E-state index contributed by atoms with van der Waals surface area (Å²) >= 11 is 2.79. The zero-order chi connectivity index (χ0) is 28.7. The van der Waals surface area contributed by atoms with Gasteiger partial charge in [0.25, 0.3) is 0 Å². The second kappa shape index (κ2) is 11.5. The number of anilines is 2. The smallest absolute Gasteiger partial charge is 0.377 e. The number of amides is 1. The number of hydrogen-bond acceptors (Lipinski definition) is 9. The Hall–Kier alpha value is -2.74. The van der Waals surface area contributed by atoms with E-state index >= 15 is 0 Å². The van der Waals surface area contributed by atoms with Crippen LogP contribution in [0.2, 0.25) is 0 Å². The molecule has 2 aliphatic heterocycles. The quantitative estimate of drug-likeness (QED) is 0.241. The Balaban J connectivity index is 1.26. The number of alkyl halides is 3. The van der Waals surface area contributed by atoms with E-state index in [-0.39, 0.29) is 17.7 Å². The molecule has 3 aliphatic rings. The van der Waals surface area contributed by atoms with Crippen LogP contribution in [0.15, 0.2) is 23.2 Å². The molecule has 6 rings (SSSR count). The first-order valence-electron chi connectivity index (χ1n) is 13.6. The molecular formula is C28H31F3N6O2S2. The molecule has 0 atom stereocenters. The number of halogens is 3. The van der Waals surface area contributed by atoms with E-state index in [1.54, 1.807) is 11.0 Å². The third-order valence-electron chi connectivity index (χ3n) is 7.67. The van der Waals surface area contributed by atoms with Gasteiger partial charge in [0.05, 0.1) is 29.8 Å². The highest BCUT2D eigenvalue weighted by molar-refractivity contribution is 7.99. The lowest BCUT2D eigenvalue weighted by atomic mass is 10.0. The topological polar surface area (TPSA) is 83.5 Å². The number of aryl methyl sites for hydroxylation is 1. The highest BCUT2D eigenvalue weighted by Gasteiger charge is 2.36. The predicted molar refractivity (Wildman–Crippen MR) is 153 cm³/mol. The monoisotopic (exact) mass is 604 g/mol. The standard InChI is InChI=1S/C28H31F3N6O2S2/c1-16-23(40-8-7-37(15-38)19-13-39-14-19)10-24(41-16)25-21(28(29,30)31)11-32-27(34-25)35-26-20(17-3-4-17)9-18-12-36(2)6-5-22(18)33-26/h9-11,15,17,19H,3-8,12-14H2,1-2H3,(H,32,33,34,35). The van der Waals surface area contributed by atoms with Gasteiger partial charge in [0, 0.05) is 53.5 Å². The molecular weight excluding hydrogens is 573 g/mol. The average Bonchev–Trinajstić information content (AvgIpc) is 3.68. The largest absolute Gasteiger partial charge is 0.420 e. The fourth-order valence-electron chi connectivity index (χ4n) is 5.10. The number of carbonyl (C=O) groups is 1. The molecule has 1 amide bonds. The first-order chi connectivity index (χ1) is 19.7. The number of pyridine rings is 1. The van der Waals surface area contributed by atoms with Crippen LogP contribution < -0.4 is 5.32 Å². The van der Waals surface area contributed by atoms with E-state index in [2.05, 4.69) is 33.3 Å². The van der Waals surface area contributed by atoms with Crippen LogP contribution in [0.25, 0.3) is 10.6 Å². The molecule has 0 radical (unpaired) electrons. The lowest BCUT2D eigenvalue weighted by molar-refractivity contribution is -0.137. The van der Waals surface area contributed by atoms with Crippen LogP contribution in [-0.4, -0.2) is 76.3 Å². The summed E-state index contributed by atoms with van der Waals surface area (Å²) in [6, 6.07) is 4.05. The third-order valence-corrected chi connectivity index (χ3v) is 9.98. The Morgan fingerprint density at radius 3 is 2.76 bits per heavy atom. The number of thioether (sulfide) groups is 1. The van der Waals surface area contributed by atoms with Crippen molar-refractivity contribution in [2.45, 2.75) is 55.8 Å². The van der Waals surface area contributed by atoms with Gasteiger partial charge in [-0.3, -0.25) is 4.79 Å². The second-order valence-electron chi connectivity index (χ2n) is 10.8. The van der Waals surface area contributed by atoms with Gasteiger partial charge in [-0.1, -0.05) is 0 Å². The van der Waals surface area contributed by atoms with Crippen molar-refractivity contribution >= 4 is 41.3 Å². The molecule has 1 saturated carbocycles. The van der Waals surface area contributed by atoms with Gasteiger partial charge in [0.1, 0.15) is 11.4 Å². The van der Waals surface area contributed by atoms with Gasteiger partial charge in [-0.15, -0.1) is 23.1 Å².